The summed E-state index contributed by atoms with van der Waals surface area (Å²) in [4.78, 5) is 17.2. The number of carbonyl (C=O) groups is 1. The van der Waals surface area contributed by atoms with E-state index in [1.165, 1.54) is 5.56 Å². The first-order valence-corrected chi connectivity index (χ1v) is 8.73. The van der Waals surface area contributed by atoms with Gasteiger partial charge in [-0.3, -0.25) is 14.4 Å². The molecule has 0 N–H and O–H groups in total. The summed E-state index contributed by atoms with van der Waals surface area (Å²) in [5, 5.41) is 4.23. The van der Waals surface area contributed by atoms with Crippen LogP contribution in [0.5, 0.6) is 0 Å². The maximum absolute atomic E-state index is 12.7. The second-order valence-corrected chi connectivity index (χ2v) is 6.94. The number of carbonyl (C=O) groups excluding carboxylic acids is 1. The van der Waals surface area contributed by atoms with Crippen LogP contribution in [0.1, 0.15) is 30.1 Å². The number of aryl methyl sites for hydroxylation is 1. The van der Waals surface area contributed by atoms with Crippen molar-refractivity contribution in [2.45, 2.75) is 25.3 Å². The topological polar surface area (TPSA) is 54.5 Å². The fraction of sp³-hybridized carbons (Fsp3) is 0.556. The highest BCUT2D eigenvalue weighted by Gasteiger charge is 2.47. The van der Waals surface area contributed by atoms with Crippen LogP contribution in [-0.2, 0) is 18.4 Å². The molecule has 2 unspecified atom stereocenters. The summed E-state index contributed by atoms with van der Waals surface area (Å²) in [6, 6.07) is 3.88. The zero-order valence-electron chi connectivity index (χ0n) is 14.1. The first-order valence-electron chi connectivity index (χ1n) is 8.73. The maximum atomic E-state index is 12.7. The summed E-state index contributed by atoms with van der Waals surface area (Å²) >= 11 is 0. The molecule has 24 heavy (non-hydrogen) atoms. The van der Waals surface area contributed by atoms with Crippen molar-refractivity contribution in [3.63, 3.8) is 0 Å². The lowest BCUT2D eigenvalue weighted by atomic mass is 10.2. The molecule has 1 saturated heterocycles. The third kappa shape index (κ3) is 3.24. The molecule has 1 amide bonds. The van der Waals surface area contributed by atoms with Gasteiger partial charge in [0.05, 0.1) is 12.5 Å². The molecule has 6 heteroatoms. The van der Waals surface area contributed by atoms with Crippen molar-refractivity contribution in [2.75, 3.05) is 26.2 Å². The molecular formula is C18H24N4O2. The van der Waals surface area contributed by atoms with Crippen molar-refractivity contribution in [3.05, 3.63) is 42.1 Å². The van der Waals surface area contributed by atoms with Gasteiger partial charge < -0.3 is 9.32 Å². The molecule has 1 aliphatic carbocycles. The molecule has 2 atom stereocenters. The monoisotopic (exact) mass is 328 g/mol. The number of aromatic nitrogens is 2. The molecule has 1 aliphatic heterocycles. The number of hydrogen-bond donors (Lipinski definition) is 0. The van der Waals surface area contributed by atoms with E-state index in [0.717, 1.165) is 51.3 Å². The van der Waals surface area contributed by atoms with Crippen LogP contribution in [0, 0.1) is 5.92 Å². The highest BCUT2D eigenvalue weighted by molar-refractivity contribution is 5.82. The van der Waals surface area contributed by atoms with Crippen LogP contribution in [0.2, 0.25) is 0 Å². The highest BCUT2D eigenvalue weighted by atomic mass is 16.3. The Bertz CT molecular complexity index is 694. The van der Waals surface area contributed by atoms with Crippen LogP contribution in [0.4, 0.5) is 0 Å². The van der Waals surface area contributed by atoms with E-state index in [0.29, 0.717) is 11.8 Å². The number of furan rings is 1. The van der Waals surface area contributed by atoms with E-state index in [9.17, 15) is 4.79 Å². The molecule has 128 valence electrons. The molecule has 2 aromatic rings. The summed E-state index contributed by atoms with van der Waals surface area (Å²) in [6.45, 7) is 4.56. The fourth-order valence-electron chi connectivity index (χ4n) is 3.68. The van der Waals surface area contributed by atoms with Crippen molar-refractivity contribution in [1.82, 2.24) is 19.6 Å². The molecule has 1 saturated carbocycles. The van der Waals surface area contributed by atoms with Gasteiger partial charge in [-0.1, -0.05) is 0 Å². The van der Waals surface area contributed by atoms with Gasteiger partial charge in [0.1, 0.15) is 5.76 Å². The van der Waals surface area contributed by atoms with E-state index >= 15 is 0 Å². The van der Waals surface area contributed by atoms with Crippen LogP contribution in [0.3, 0.4) is 0 Å². The molecule has 2 aliphatic rings. The Balaban J connectivity index is 1.31. The summed E-state index contributed by atoms with van der Waals surface area (Å²) in [5.41, 5.74) is 1.23. The molecule has 6 nitrogen and oxygen atoms in total. The Morgan fingerprint density at radius 2 is 2.25 bits per heavy atom. The van der Waals surface area contributed by atoms with Crippen molar-refractivity contribution in [1.29, 1.82) is 0 Å². The Labute approximate surface area is 142 Å². The van der Waals surface area contributed by atoms with Gasteiger partial charge in [-0.05, 0) is 25.0 Å². The summed E-state index contributed by atoms with van der Waals surface area (Å²) in [5.74, 6) is 1.68. The molecule has 0 radical (unpaired) electrons. The quantitative estimate of drug-likeness (QED) is 0.859. The number of nitrogens with zero attached hydrogens (tertiary/aromatic N) is 4. The lowest BCUT2D eigenvalue weighted by Gasteiger charge is -2.21. The third-order valence-corrected chi connectivity index (χ3v) is 5.08. The van der Waals surface area contributed by atoms with Gasteiger partial charge in [-0.15, -0.1) is 0 Å². The standard InChI is InChI=1S/C18H24N4O2/c1-20-12-14(11-19-20)13-21-5-3-6-22(8-7-21)18(23)16-10-15(16)17-4-2-9-24-17/h2,4,9,11-12,15-16H,3,5-8,10,13H2,1H3. The van der Waals surface area contributed by atoms with Crippen LogP contribution in [0.25, 0.3) is 0 Å². The predicted molar refractivity (Wildman–Crippen MR) is 89.2 cm³/mol. The van der Waals surface area contributed by atoms with Crippen molar-refractivity contribution in [2.24, 2.45) is 13.0 Å². The molecule has 3 heterocycles. The average molecular weight is 328 g/mol. The van der Waals surface area contributed by atoms with Crippen molar-refractivity contribution >= 4 is 5.91 Å². The Morgan fingerprint density at radius 1 is 1.33 bits per heavy atom. The van der Waals surface area contributed by atoms with E-state index < -0.39 is 0 Å². The first-order chi connectivity index (χ1) is 11.7. The van der Waals surface area contributed by atoms with Gasteiger partial charge in [0, 0.05) is 63.4 Å². The number of rotatable bonds is 4. The zero-order valence-corrected chi connectivity index (χ0v) is 14.1. The summed E-state index contributed by atoms with van der Waals surface area (Å²) < 4.78 is 7.29. The van der Waals surface area contributed by atoms with Gasteiger partial charge in [-0.25, -0.2) is 0 Å². The minimum atomic E-state index is 0.126. The average Bonchev–Trinajstić information content (AvgIpc) is 3.08. The molecule has 0 bridgehead atoms. The van der Waals surface area contributed by atoms with Gasteiger partial charge in [-0.2, -0.15) is 5.10 Å². The van der Waals surface area contributed by atoms with Crippen LogP contribution in [-0.4, -0.2) is 51.7 Å². The smallest absolute Gasteiger partial charge is 0.226 e. The Kier molecular flexibility index (Phi) is 4.14. The van der Waals surface area contributed by atoms with E-state index in [1.54, 1.807) is 6.26 Å². The zero-order chi connectivity index (χ0) is 16.5. The first kappa shape index (κ1) is 15.4. The number of hydrogen-bond acceptors (Lipinski definition) is 4. The minimum absolute atomic E-state index is 0.126. The van der Waals surface area contributed by atoms with Crippen LogP contribution in [0.15, 0.2) is 35.2 Å². The highest BCUT2D eigenvalue weighted by Crippen LogP contribution is 2.48. The molecule has 2 fully saturated rings. The summed E-state index contributed by atoms with van der Waals surface area (Å²) in [7, 11) is 1.94. The van der Waals surface area contributed by atoms with Crippen LogP contribution >= 0.6 is 0 Å². The van der Waals surface area contributed by atoms with Gasteiger partial charge in [0.15, 0.2) is 0 Å². The molecular weight excluding hydrogens is 304 g/mol. The van der Waals surface area contributed by atoms with Gasteiger partial charge in [0.25, 0.3) is 0 Å². The largest absolute Gasteiger partial charge is 0.469 e. The lowest BCUT2D eigenvalue weighted by molar-refractivity contribution is -0.132. The number of amides is 1. The molecule has 0 aromatic carbocycles. The van der Waals surface area contributed by atoms with E-state index in [1.807, 2.05) is 30.1 Å². The normalized spacial score (nSPS) is 24.8. The SMILES string of the molecule is Cn1cc(CN2CCCN(C(=O)C3CC3c3ccco3)CC2)cn1. The Morgan fingerprint density at radius 3 is 3.00 bits per heavy atom. The van der Waals surface area contributed by atoms with E-state index in [-0.39, 0.29) is 5.92 Å². The van der Waals surface area contributed by atoms with Crippen molar-refractivity contribution in [3.8, 4) is 0 Å². The minimum Gasteiger partial charge on any atom is -0.469 e. The molecule has 4 rings (SSSR count). The van der Waals surface area contributed by atoms with Gasteiger partial charge >= 0.3 is 0 Å². The summed E-state index contributed by atoms with van der Waals surface area (Å²) in [6.07, 6.45) is 7.64. The van der Waals surface area contributed by atoms with Crippen molar-refractivity contribution < 1.29 is 9.21 Å². The fourth-order valence-corrected chi connectivity index (χ4v) is 3.68. The second kappa shape index (κ2) is 6.43. The van der Waals surface area contributed by atoms with E-state index in [2.05, 4.69) is 21.1 Å². The predicted octanol–water partition coefficient (Wildman–Crippen LogP) is 1.85. The molecule has 0 spiro atoms. The second-order valence-electron chi connectivity index (χ2n) is 6.94. The van der Waals surface area contributed by atoms with Crippen LogP contribution < -0.4 is 0 Å². The lowest BCUT2D eigenvalue weighted by Crippen LogP contribution is -2.36. The van der Waals surface area contributed by atoms with E-state index in [4.69, 9.17) is 4.42 Å². The molecule has 2 aromatic heterocycles. The third-order valence-electron chi connectivity index (χ3n) is 5.08. The van der Waals surface area contributed by atoms with Gasteiger partial charge in [0.2, 0.25) is 5.91 Å². The maximum Gasteiger partial charge on any atom is 0.226 e. The Hall–Kier alpha value is -2.08.